The minimum Gasteiger partial charge on any atom is -0.347 e. The van der Waals surface area contributed by atoms with Gasteiger partial charge < -0.3 is 5.32 Å². The zero-order valence-corrected chi connectivity index (χ0v) is 19.5. The van der Waals surface area contributed by atoms with Gasteiger partial charge in [-0.05, 0) is 49.2 Å². The molecule has 4 rings (SSSR count). The molecule has 10 heteroatoms. The highest BCUT2D eigenvalue weighted by Crippen LogP contribution is 2.23. The second kappa shape index (κ2) is 8.90. The van der Waals surface area contributed by atoms with E-state index >= 15 is 0 Å². The molecule has 3 aromatic heterocycles. The van der Waals surface area contributed by atoms with Crippen LogP contribution in [0.25, 0.3) is 4.83 Å². The Morgan fingerprint density at radius 3 is 2.59 bits per heavy atom. The molecule has 0 spiro atoms. The molecule has 1 aromatic carbocycles. The summed E-state index contributed by atoms with van der Waals surface area (Å²) in [7, 11) is 0. The molecule has 1 N–H and O–H groups in total. The number of hydrogen-bond donors (Lipinski definition) is 1. The Bertz CT molecular complexity index is 1470. The van der Waals surface area contributed by atoms with Gasteiger partial charge in [0.15, 0.2) is 0 Å². The van der Waals surface area contributed by atoms with E-state index in [4.69, 9.17) is 23.2 Å². The largest absolute Gasteiger partial charge is 0.347 e. The summed E-state index contributed by atoms with van der Waals surface area (Å²) in [5.41, 5.74) is 1.89. The summed E-state index contributed by atoms with van der Waals surface area (Å²) in [5, 5.41) is 3.57. The molecule has 0 atom stereocenters. The molecule has 1 amide bonds. The first kappa shape index (κ1) is 22.3. The average Bonchev–Trinajstić information content (AvgIpc) is 3.22. The summed E-state index contributed by atoms with van der Waals surface area (Å²) >= 11 is 13.1. The van der Waals surface area contributed by atoms with E-state index in [1.807, 2.05) is 19.1 Å². The summed E-state index contributed by atoms with van der Waals surface area (Å²) in [5.74, 6) is -0.324. The Hall–Kier alpha value is -2.94. The minimum atomic E-state index is -0.526. The zero-order chi connectivity index (χ0) is 23.0. The Morgan fingerprint density at radius 2 is 1.88 bits per heavy atom. The van der Waals surface area contributed by atoms with E-state index in [1.165, 1.54) is 10.6 Å². The fourth-order valence-electron chi connectivity index (χ4n) is 3.31. The van der Waals surface area contributed by atoms with E-state index in [0.29, 0.717) is 37.4 Å². The molecule has 0 aliphatic carbocycles. The van der Waals surface area contributed by atoms with Gasteiger partial charge in [-0.1, -0.05) is 29.3 Å². The molecule has 0 fully saturated rings. The molecule has 0 unspecified atom stereocenters. The first-order valence-electron chi connectivity index (χ1n) is 9.64. The lowest BCUT2D eigenvalue weighted by Gasteiger charge is -2.08. The van der Waals surface area contributed by atoms with Crippen molar-refractivity contribution >= 4 is 45.3 Å². The van der Waals surface area contributed by atoms with Gasteiger partial charge in [0.05, 0.1) is 16.6 Å². The van der Waals surface area contributed by atoms with E-state index in [9.17, 15) is 14.4 Å². The lowest BCUT2D eigenvalue weighted by atomic mass is 10.2. The van der Waals surface area contributed by atoms with Crippen LogP contribution in [-0.2, 0) is 13.1 Å². The van der Waals surface area contributed by atoms with Crippen molar-refractivity contribution in [1.82, 2.24) is 19.3 Å². The quantitative estimate of drug-likeness (QED) is 0.462. The van der Waals surface area contributed by atoms with Crippen molar-refractivity contribution in [3.05, 3.63) is 101 Å². The third-order valence-electron chi connectivity index (χ3n) is 4.96. The maximum Gasteiger partial charge on any atom is 0.336 e. The lowest BCUT2D eigenvalue weighted by molar-refractivity contribution is 0.0954. The second-order valence-corrected chi connectivity index (χ2v) is 9.15. The number of nitrogens with one attached hydrogen (secondary N) is 1. The number of amides is 1. The van der Waals surface area contributed by atoms with Gasteiger partial charge in [0, 0.05) is 30.2 Å². The van der Waals surface area contributed by atoms with Gasteiger partial charge in [0.25, 0.3) is 11.5 Å². The third-order valence-corrected chi connectivity index (χ3v) is 6.90. The number of nitrogens with zero attached hydrogens (tertiary/aromatic N) is 3. The van der Waals surface area contributed by atoms with Crippen LogP contribution in [0.5, 0.6) is 0 Å². The number of thiazole rings is 1. The smallest absolute Gasteiger partial charge is 0.336 e. The van der Waals surface area contributed by atoms with E-state index in [1.54, 1.807) is 31.3 Å². The second-order valence-electron chi connectivity index (χ2n) is 7.31. The predicted molar refractivity (Wildman–Crippen MR) is 126 cm³/mol. The fourth-order valence-corrected chi connectivity index (χ4v) is 4.64. The standard InChI is InChI=1S/C22H18Cl2N4O3S/c1-12-7-14(5-6-25-12)9-26-19(29)18-11-28-21(32-18)13(2)20(30)27(22(28)31)10-15-3-4-16(23)17(24)8-15/h3-8,11H,9-10H2,1-2H3,(H,26,29). The molecular formula is C22H18Cl2N4O3S. The van der Waals surface area contributed by atoms with Crippen LogP contribution in [-0.4, -0.2) is 19.9 Å². The number of rotatable bonds is 5. The van der Waals surface area contributed by atoms with Crippen molar-refractivity contribution in [3.63, 3.8) is 0 Å². The number of hydrogen-bond acceptors (Lipinski definition) is 5. The van der Waals surface area contributed by atoms with Crippen LogP contribution in [0.4, 0.5) is 0 Å². The SMILES string of the molecule is Cc1cc(CNC(=O)c2cn3c(=O)n(Cc4ccc(Cl)c(Cl)c4)c(=O)c(C)c3s2)ccn1. The molecule has 0 saturated heterocycles. The van der Waals surface area contributed by atoms with Crippen molar-refractivity contribution < 1.29 is 4.79 Å². The van der Waals surface area contributed by atoms with Crippen molar-refractivity contribution in [3.8, 4) is 0 Å². The monoisotopic (exact) mass is 488 g/mol. The summed E-state index contributed by atoms with van der Waals surface area (Å²) in [6.07, 6.45) is 3.15. The van der Waals surface area contributed by atoms with Crippen molar-refractivity contribution in [2.75, 3.05) is 0 Å². The topological polar surface area (TPSA) is 85.5 Å². The van der Waals surface area contributed by atoms with Crippen LogP contribution in [0, 0.1) is 13.8 Å². The summed E-state index contributed by atoms with van der Waals surface area (Å²) < 4.78 is 2.46. The van der Waals surface area contributed by atoms with Gasteiger partial charge in [-0.25, -0.2) is 4.79 Å². The Labute approximate surface area is 196 Å². The number of fused-ring (bicyclic) bond motifs is 1. The van der Waals surface area contributed by atoms with E-state index in [2.05, 4.69) is 10.3 Å². The maximum absolute atomic E-state index is 13.0. The van der Waals surface area contributed by atoms with Crippen LogP contribution in [0.2, 0.25) is 10.0 Å². The molecule has 0 saturated carbocycles. The van der Waals surface area contributed by atoms with Gasteiger partial charge >= 0.3 is 5.69 Å². The van der Waals surface area contributed by atoms with Gasteiger partial charge in [-0.3, -0.25) is 23.5 Å². The number of carbonyl (C=O) groups is 1. The molecule has 0 bridgehead atoms. The summed E-state index contributed by atoms with van der Waals surface area (Å²) in [4.78, 5) is 43.5. The molecule has 7 nitrogen and oxygen atoms in total. The normalized spacial score (nSPS) is 11.1. The highest BCUT2D eigenvalue weighted by atomic mass is 35.5. The van der Waals surface area contributed by atoms with E-state index in [0.717, 1.165) is 27.2 Å². The van der Waals surface area contributed by atoms with E-state index in [-0.39, 0.29) is 12.5 Å². The van der Waals surface area contributed by atoms with Crippen LogP contribution >= 0.6 is 34.5 Å². The van der Waals surface area contributed by atoms with Crippen molar-refractivity contribution in [1.29, 1.82) is 0 Å². The van der Waals surface area contributed by atoms with Gasteiger partial charge in [0.2, 0.25) is 0 Å². The van der Waals surface area contributed by atoms with Gasteiger partial charge in [-0.15, -0.1) is 11.3 Å². The first-order valence-corrected chi connectivity index (χ1v) is 11.2. The number of carbonyl (C=O) groups excluding carboxylic acids is 1. The number of pyridine rings is 1. The molecular weight excluding hydrogens is 471 g/mol. The Balaban J connectivity index is 1.66. The minimum absolute atomic E-state index is 0.0388. The summed E-state index contributed by atoms with van der Waals surface area (Å²) in [6.45, 7) is 3.88. The molecule has 32 heavy (non-hydrogen) atoms. The maximum atomic E-state index is 13.0. The highest BCUT2D eigenvalue weighted by molar-refractivity contribution is 7.19. The third kappa shape index (κ3) is 4.34. The number of aromatic nitrogens is 3. The Kier molecular flexibility index (Phi) is 6.19. The first-order chi connectivity index (χ1) is 15.2. The van der Waals surface area contributed by atoms with Gasteiger partial charge in [0.1, 0.15) is 9.71 Å². The lowest BCUT2D eigenvalue weighted by Crippen LogP contribution is -2.38. The van der Waals surface area contributed by atoms with Crippen molar-refractivity contribution in [2.45, 2.75) is 26.9 Å². The zero-order valence-electron chi connectivity index (χ0n) is 17.2. The Morgan fingerprint density at radius 1 is 1.09 bits per heavy atom. The number of benzene rings is 1. The molecule has 164 valence electrons. The molecule has 4 aromatic rings. The van der Waals surface area contributed by atoms with Crippen molar-refractivity contribution in [2.24, 2.45) is 0 Å². The molecule has 3 heterocycles. The molecule has 0 aliphatic heterocycles. The highest BCUT2D eigenvalue weighted by Gasteiger charge is 2.18. The molecule has 0 radical (unpaired) electrons. The van der Waals surface area contributed by atoms with Crippen LogP contribution in [0.15, 0.2) is 52.3 Å². The summed E-state index contributed by atoms with van der Waals surface area (Å²) in [6, 6.07) is 8.65. The average molecular weight is 489 g/mol. The van der Waals surface area contributed by atoms with Crippen LogP contribution < -0.4 is 16.6 Å². The number of halogens is 2. The number of aryl methyl sites for hydroxylation is 2. The fraction of sp³-hybridized carbons (Fsp3) is 0.182. The van der Waals surface area contributed by atoms with Crippen LogP contribution in [0.1, 0.15) is 32.1 Å². The van der Waals surface area contributed by atoms with E-state index < -0.39 is 11.2 Å². The van der Waals surface area contributed by atoms with Gasteiger partial charge in [-0.2, -0.15) is 0 Å². The molecule has 0 aliphatic rings. The van der Waals surface area contributed by atoms with Crippen LogP contribution in [0.3, 0.4) is 0 Å². The predicted octanol–water partition coefficient (Wildman–Crippen LogP) is 3.82.